The fourth-order valence-corrected chi connectivity index (χ4v) is 1.69. The average Bonchev–Trinajstić information content (AvgIpc) is 2.11. The van der Waals surface area contributed by atoms with Crippen molar-refractivity contribution in [3.05, 3.63) is 17.5 Å². The van der Waals surface area contributed by atoms with Crippen molar-refractivity contribution in [2.24, 2.45) is 0 Å². The van der Waals surface area contributed by atoms with E-state index in [4.69, 9.17) is 0 Å². The van der Waals surface area contributed by atoms with E-state index in [1.807, 2.05) is 13.1 Å². The topological polar surface area (TPSA) is 49.8 Å². The van der Waals surface area contributed by atoms with Crippen LogP contribution in [0.5, 0.6) is 0 Å². The first-order valence-electron chi connectivity index (χ1n) is 5.47. The molecule has 0 aliphatic carbocycles. The average molecular weight is 206 g/mol. The van der Waals surface area contributed by atoms with E-state index in [9.17, 15) is 0 Å². The second-order valence-electron chi connectivity index (χ2n) is 4.39. The summed E-state index contributed by atoms with van der Waals surface area (Å²) in [7, 11) is 0. The number of anilines is 1. The molecule has 0 atom stereocenters. The van der Waals surface area contributed by atoms with E-state index in [0.717, 1.165) is 24.7 Å². The minimum Gasteiger partial charge on any atom is -0.349 e. The molecule has 1 saturated heterocycles. The van der Waals surface area contributed by atoms with Crippen molar-refractivity contribution in [3.8, 4) is 0 Å². The summed E-state index contributed by atoms with van der Waals surface area (Å²) in [4.78, 5) is 8.80. The molecule has 0 radical (unpaired) electrons. The highest BCUT2D eigenvalue weighted by atomic mass is 15.2. The van der Waals surface area contributed by atoms with Crippen molar-refractivity contribution < 1.29 is 0 Å². The molecule has 0 saturated carbocycles. The van der Waals surface area contributed by atoms with Gasteiger partial charge >= 0.3 is 0 Å². The van der Waals surface area contributed by atoms with Crippen LogP contribution in [0.3, 0.4) is 0 Å². The zero-order valence-electron chi connectivity index (χ0n) is 9.54. The van der Waals surface area contributed by atoms with Crippen molar-refractivity contribution in [1.82, 2.24) is 15.3 Å². The summed E-state index contributed by atoms with van der Waals surface area (Å²) in [5, 5.41) is 6.51. The summed E-state index contributed by atoms with van der Waals surface area (Å²) < 4.78 is 0. The van der Waals surface area contributed by atoms with Crippen molar-refractivity contribution in [3.63, 3.8) is 0 Å². The van der Waals surface area contributed by atoms with Crippen LogP contribution < -0.4 is 10.6 Å². The maximum atomic E-state index is 4.47. The van der Waals surface area contributed by atoms with E-state index >= 15 is 0 Å². The first-order valence-corrected chi connectivity index (χ1v) is 5.47. The summed E-state index contributed by atoms with van der Waals surface area (Å²) in [6.07, 6.45) is 1.93. The van der Waals surface area contributed by atoms with Crippen LogP contribution in [-0.4, -0.2) is 29.1 Å². The highest BCUT2D eigenvalue weighted by Gasteiger charge is 2.17. The third-order valence-electron chi connectivity index (χ3n) is 2.75. The van der Waals surface area contributed by atoms with Gasteiger partial charge in [0.1, 0.15) is 0 Å². The van der Waals surface area contributed by atoms with Crippen LogP contribution >= 0.6 is 0 Å². The van der Waals surface area contributed by atoms with E-state index in [1.165, 1.54) is 5.56 Å². The van der Waals surface area contributed by atoms with Gasteiger partial charge in [-0.1, -0.05) is 13.8 Å². The lowest BCUT2D eigenvalue weighted by Crippen LogP contribution is -2.51. The van der Waals surface area contributed by atoms with E-state index in [-0.39, 0.29) is 0 Å². The molecule has 1 aromatic heterocycles. The highest BCUT2D eigenvalue weighted by Crippen LogP contribution is 2.17. The highest BCUT2D eigenvalue weighted by molar-refractivity contribution is 5.32. The third-order valence-corrected chi connectivity index (χ3v) is 2.75. The van der Waals surface area contributed by atoms with Gasteiger partial charge in [-0.15, -0.1) is 0 Å². The molecule has 0 amide bonds. The largest absolute Gasteiger partial charge is 0.349 e. The maximum absolute atomic E-state index is 4.47. The summed E-state index contributed by atoms with van der Waals surface area (Å²) in [6.45, 7) is 8.38. The minimum atomic E-state index is 0.490. The molecule has 4 nitrogen and oxygen atoms in total. The second kappa shape index (κ2) is 4.14. The molecule has 1 fully saturated rings. The molecule has 4 heteroatoms. The fraction of sp³-hybridized carbons (Fsp3) is 0.636. The first-order chi connectivity index (χ1) is 7.16. The van der Waals surface area contributed by atoms with Gasteiger partial charge in [-0.3, -0.25) is 0 Å². The molecule has 15 heavy (non-hydrogen) atoms. The van der Waals surface area contributed by atoms with Crippen LogP contribution in [0.2, 0.25) is 0 Å². The summed E-state index contributed by atoms with van der Waals surface area (Å²) in [5.74, 6) is 1.24. The Morgan fingerprint density at radius 2 is 2.20 bits per heavy atom. The van der Waals surface area contributed by atoms with Crippen LogP contribution in [0.15, 0.2) is 6.20 Å². The lowest BCUT2D eigenvalue weighted by Gasteiger charge is -2.28. The quantitative estimate of drug-likeness (QED) is 0.782. The van der Waals surface area contributed by atoms with Gasteiger partial charge in [-0.25, -0.2) is 9.97 Å². The zero-order chi connectivity index (χ0) is 10.8. The maximum Gasteiger partial charge on any atom is 0.223 e. The molecular formula is C11H18N4. The van der Waals surface area contributed by atoms with Crippen molar-refractivity contribution in [2.45, 2.75) is 32.7 Å². The standard InChI is InChI=1S/C11H18N4/c1-7(2)10-6-13-11(14-8(10)3)15-9-4-12-5-9/h6-7,9,12H,4-5H2,1-3H3,(H,13,14,15). The third kappa shape index (κ3) is 2.26. The van der Waals surface area contributed by atoms with Gasteiger partial charge in [0, 0.05) is 25.0 Å². The van der Waals surface area contributed by atoms with Crippen LogP contribution in [0.1, 0.15) is 31.0 Å². The number of nitrogens with one attached hydrogen (secondary N) is 2. The van der Waals surface area contributed by atoms with Gasteiger partial charge in [0.25, 0.3) is 0 Å². The molecule has 1 aliphatic heterocycles. The number of nitrogens with zero attached hydrogens (tertiary/aromatic N) is 2. The normalized spacial score (nSPS) is 16.5. The molecule has 2 N–H and O–H groups in total. The number of rotatable bonds is 3. The number of aromatic nitrogens is 2. The second-order valence-corrected chi connectivity index (χ2v) is 4.39. The Morgan fingerprint density at radius 3 is 2.67 bits per heavy atom. The Morgan fingerprint density at radius 1 is 1.47 bits per heavy atom. The predicted molar refractivity (Wildman–Crippen MR) is 61.1 cm³/mol. The van der Waals surface area contributed by atoms with Crippen molar-refractivity contribution in [2.75, 3.05) is 18.4 Å². The lowest BCUT2D eigenvalue weighted by molar-refractivity contribution is 0.469. The molecule has 0 unspecified atom stereocenters. The molecule has 1 aromatic rings. The van der Waals surface area contributed by atoms with Crippen LogP contribution in [-0.2, 0) is 0 Å². The van der Waals surface area contributed by atoms with E-state index in [0.29, 0.717) is 12.0 Å². The summed E-state index contributed by atoms with van der Waals surface area (Å²) >= 11 is 0. The van der Waals surface area contributed by atoms with Gasteiger partial charge in [-0.05, 0) is 18.4 Å². The first kappa shape index (κ1) is 10.4. The SMILES string of the molecule is Cc1nc(NC2CNC2)ncc1C(C)C. The van der Waals surface area contributed by atoms with Crippen molar-refractivity contribution in [1.29, 1.82) is 0 Å². The monoisotopic (exact) mass is 206 g/mol. The molecule has 0 spiro atoms. The molecule has 2 rings (SSSR count). The zero-order valence-corrected chi connectivity index (χ0v) is 9.54. The fourth-order valence-electron chi connectivity index (χ4n) is 1.69. The van der Waals surface area contributed by atoms with Crippen LogP contribution in [0, 0.1) is 6.92 Å². The molecule has 1 aliphatic rings. The Bertz CT molecular complexity index is 344. The van der Waals surface area contributed by atoms with Crippen LogP contribution in [0.25, 0.3) is 0 Å². The molecule has 2 heterocycles. The summed E-state index contributed by atoms with van der Waals surface area (Å²) in [6, 6.07) is 0.495. The lowest BCUT2D eigenvalue weighted by atomic mass is 10.0. The Labute approximate surface area is 90.5 Å². The summed E-state index contributed by atoms with van der Waals surface area (Å²) in [5.41, 5.74) is 2.31. The Kier molecular flexibility index (Phi) is 2.86. The van der Waals surface area contributed by atoms with Gasteiger partial charge in [0.05, 0.1) is 6.04 Å². The number of hydrogen-bond acceptors (Lipinski definition) is 4. The number of aryl methyl sites for hydroxylation is 1. The predicted octanol–water partition coefficient (Wildman–Crippen LogP) is 1.29. The van der Waals surface area contributed by atoms with Crippen molar-refractivity contribution >= 4 is 5.95 Å². The molecule has 0 aromatic carbocycles. The Balaban J connectivity index is 2.10. The van der Waals surface area contributed by atoms with E-state index in [1.54, 1.807) is 0 Å². The van der Waals surface area contributed by atoms with Crippen LogP contribution in [0.4, 0.5) is 5.95 Å². The minimum absolute atomic E-state index is 0.490. The van der Waals surface area contributed by atoms with Gasteiger partial charge < -0.3 is 10.6 Å². The Hall–Kier alpha value is -1.16. The molecule has 0 bridgehead atoms. The smallest absolute Gasteiger partial charge is 0.223 e. The molecular weight excluding hydrogens is 188 g/mol. The molecule has 82 valence electrons. The van der Waals surface area contributed by atoms with Gasteiger partial charge in [0.15, 0.2) is 0 Å². The number of hydrogen-bond donors (Lipinski definition) is 2. The van der Waals surface area contributed by atoms with E-state index < -0.39 is 0 Å². The van der Waals surface area contributed by atoms with Gasteiger partial charge in [0.2, 0.25) is 5.95 Å². The van der Waals surface area contributed by atoms with E-state index in [2.05, 4.69) is 34.4 Å². The van der Waals surface area contributed by atoms with Gasteiger partial charge in [-0.2, -0.15) is 0 Å².